The molecule has 0 radical (unpaired) electrons. The first-order valence-electron chi connectivity index (χ1n) is 8.53. The minimum absolute atomic E-state index is 0.193. The smallest absolute Gasteiger partial charge is 0.316 e. The number of carbonyl (C=O) groups excluding carboxylic acids is 1. The number of carbonyl (C=O) groups is 1. The van der Waals surface area contributed by atoms with Gasteiger partial charge in [-0.05, 0) is 31.0 Å². The zero-order valence-corrected chi connectivity index (χ0v) is 16.5. The van der Waals surface area contributed by atoms with Crippen molar-refractivity contribution in [2.75, 3.05) is 26.0 Å². The second-order valence-electron chi connectivity index (χ2n) is 6.20. The van der Waals surface area contributed by atoms with E-state index >= 15 is 0 Å². The number of aryl methyl sites for hydroxylation is 1. The SMILES string of the molecule is COC(=O)CSC1=Nc2c(cnn2-c2ccc(C)c(Cl)c2)C2=NCCCN12. The molecule has 0 bridgehead atoms. The van der Waals surface area contributed by atoms with Crippen LogP contribution in [0.2, 0.25) is 5.02 Å². The van der Waals surface area contributed by atoms with Gasteiger partial charge in [-0.1, -0.05) is 29.4 Å². The van der Waals surface area contributed by atoms with Crippen molar-refractivity contribution < 1.29 is 9.53 Å². The Morgan fingerprint density at radius 1 is 1.41 bits per heavy atom. The number of thioether (sulfide) groups is 1. The number of aromatic nitrogens is 2. The van der Waals surface area contributed by atoms with Gasteiger partial charge in [-0.15, -0.1) is 0 Å². The zero-order valence-electron chi connectivity index (χ0n) is 15.0. The monoisotopic (exact) mass is 403 g/mol. The van der Waals surface area contributed by atoms with Gasteiger partial charge in [-0.25, -0.2) is 9.67 Å². The average molecular weight is 404 g/mol. The molecule has 2 aliphatic rings. The standard InChI is InChI=1S/C18H18ClN5O2S/c1-11-4-5-12(8-14(11)19)24-17-13(9-21-24)16-20-6-3-7-23(16)18(22-17)27-10-15(25)26-2/h4-5,8-9H,3,6-7,10H2,1-2H3. The van der Waals surface area contributed by atoms with Crippen LogP contribution in [0.15, 0.2) is 34.4 Å². The van der Waals surface area contributed by atoms with E-state index in [0.29, 0.717) is 10.8 Å². The second kappa shape index (κ2) is 7.36. The number of benzene rings is 1. The van der Waals surface area contributed by atoms with Gasteiger partial charge in [0, 0.05) is 18.1 Å². The van der Waals surface area contributed by atoms with Crippen LogP contribution in [-0.2, 0) is 9.53 Å². The van der Waals surface area contributed by atoms with Gasteiger partial charge in [-0.2, -0.15) is 5.10 Å². The topological polar surface area (TPSA) is 72.1 Å². The molecular formula is C18H18ClN5O2S. The molecule has 3 heterocycles. The van der Waals surface area contributed by atoms with E-state index < -0.39 is 0 Å². The van der Waals surface area contributed by atoms with Crippen molar-refractivity contribution in [3.05, 3.63) is 40.5 Å². The van der Waals surface area contributed by atoms with E-state index in [1.165, 1.54) is 18.9 Å². The molecule has 0 amide bonds. The Morgan fingerprint density at radius 2 is 2.26 bits per heavy atom. The maximum absolute atomic E-state index is 11.6. The van der Waals surface area contributed by atoms with E-state index in [4.69, 9.17) is 21.3 Å². The van der Waals surface area contributed by atoms with E-state index in [2.05, 4.69) is 10.1 Å². The van der Waals surface area contributed by atoms with Crippen LogP contribution in [0.5, 0.6) is 0 Å². The predicted molar refractivity (Wildman–Crippen MR) is 108 cm³/mol. The number of amidine groups is 2. The number of hydrogen-bond donors (Lipinski definition) is 0. The van der Waals surface area contributed by atoms with Crippen LogP contribution in [0.3, 0.4) is 0 Å². The molecule has 0 atom stereocenters. The van der Waals surface area contributed by atoms with Crippen LogP contribution in [-0.4, -0.2) is 57.6 Å². The van der Waals surface area contributed by atoms with E-state index in [1.807, 2.05) is 30.0 Å². The summed E-state index contributed by atoms with van der Waals surface area (Å²) >= 11 is 7.64. The lowest BCUT2D eigenvalue weighted by atomic mass is 10.2. The van der Waals surface area contributed by atoms with Crippen molar-refractivity contribution in [1.29, 1.82) is 0 Å². The molecule has 0 saturated carbocycles. The van der Waals surface area contributed by atoms with Gasteiger partial charge >= 0.3 is 5.97 Å². The highest BCUT2D eigenvalue weighted by molar-refractivity contribution is 8.14. The summed E-state index contributed by atoms with van der Waals surface area (Å²) in [7, 11) is 1.38. The van der Waals surface area contributed by atoms with E-state index in [1.54, 1.807) is 10.9 Å². The summed E-state index contributed by atoms with van der Waals surface area (Å²) in [5.74, 6) is 1.45. The summed E-state index contributed by atoms with van der Waals surface area (Å²) in [4.78, 5) is 23.1. The van der Waals surface area contributed by atoms with Crippen LogP contribution in [0.25, 0.3) is 5.69 Å². The van der Waals surface area contributed by atoms with Gasteiger partial charge in [0.1, 0.15) is 5.84 Å². The lowest BCUT2D eigenvalue weighted by Crippen LogP contribution is -2.42. The fraction of sp³-hybridized carbons (Fsp3) is 0.333. The molecule has 0 spiro atoms. The summed E-state index contributed by atoms with van der Waals surface area (Å²) in [6, 6.07) is 5.78. The number of hydrogen-bond acceptors (Lipinski definition) is 7. The van der Waals surface area contributed by atoms with Crippen molar-refractivity contribution in [3.63, 3.8) is 0 Å². The molecule has 2 aliphatic heterocycles. The van der Waals surface area contributed by atoms with E-state index in [0.717, 1.165) is 47.3 Å². The van der Waals surface area contributed by atoms with Gasteiger partial charge in [0.25, 0.3) is 0 Å². The third kappa shape index (κ3) is 3.35. The molecule has 2 aromatic rings. The van der Waals surface area contributed by atoms with Crippen molar-refractivity contribution >= 4 is 46.2 Å². The van der Waals surface area contributed by atoms with Crippen LogP contribution >= 0.6 is 23.4 Å². The number of methoxy groups -OCH3 is 1. The largest absolute Gasteiger partial charge is 0.468 e. The molecular weight excluding hydrogens is 386 g/mol. The first-order valence-corrected chi connectivity index (χ1v) is 9.90. The van der Waals surface area contributed by atoms with Gasteiger partial charge < -0.3 is 9.64 Å². The number of halogens is 1. The average Bonchev–Trinajstić information content (AvgIpc) is 3.12. The first kappa shape index (κ1) is 18.1. The van der Waals surface area contributed by atoms with E-state index in [-0.39, 0.29) is 11.7 Å². The molecule has 0 fully saturated rings. The third-order valence-corrected chi connectivity index (χ3v) is 5.78. The Labute approximate surface area is 166 Å². The summed E-state index contributed by atoms with van der Waals surface area (Å²) < 4.78 is 6.51. The normalized spacial score (nSPS) is 15.6. The van der Waals surface area contributed by atoms with Crippen LogP contribution in [0, 0.1) is 6.92 Å². The van der Waals surface area contributed by atoms with Crippen molar-refractivity contribution in [3.8, 4) is 5.69 Å². The molecule has 140 valence electrons. The van der Waals surface area contributed by atoms with Gasteiger partial charge in [0.15, 0.2) is 11.0 Å². The summed E-state index contributed by atoms with van der Waals surface area (Å²) in [6.07, 6.45) is 2.73. The Morgan fingerprint density at radius 3 is 3.04 bits per heavy atom. The summed E-state index contributed by atoms with van der Waals surface area (Å²) in [5.41, 5.74) is 2.72. The molecule has 0 aliphatic carbocycles. The summed E-state index contributed by atoms with van der Waals surface area (Å²) in [5, 5.41) is 5.92. The lowest BCUT2D eigenvalue weighted by molar-refractivity contribution is -0.137. The Bertz CT molecular complexity index is 969. The molecule has 0 unspecified atom stereocenters. The van der Waals surface area contributed by atoms with Crippen molar-refractivity contribution in [2.24, 2.45) is 9.98 Å². The lowest BCUT2D eigenvalue weighted by Gasteiger charge is -2.32. The molecule has 7 nitrogen and oxygen atoms in total. The molecule has 0 N–H and O–H groups in total. The Balaban J connectivity index is 1.78. The highest BCUT2D eigenvalue weighted by Crippen LogP contribution is 2.34. The first-order chi connectivity index (χ1) is 13.1. The van der Waals surface area contributed by atoms with Crippen molar-refractivity contribution in [2.45, 2.75) is 13.3 Å². The fourth-order valence-corrected chi connectivity index (χ4v) is 4.00. The summed E-state index contributed by atoms with van der Waals surface area (Å²) in [6.45, 7) is 3.54. The van der Waals surface area contributed by atoms with Crippen LogP contribution in [0.1, 0.15) is 17.5 Å². The van der Waals surface area contributed by atoms with Gasteiger partial charge in [0.05, 0.1) is 30.3 Å². The van der Waals surface area contributed by atoms with Gasteiger partial charge in [0.2, 0.25) is 0 Å². The maximum atomic E-state index is 11.6. The highest BCUT2D eigenvalue weighted by atomic mass is 35.5. The highest BCUT2D eigenvalue weighted by Gasteiger charge is 2.32. The van der Waals surface area contributed by atoms with Gasteiger partial charge in [-0.3, -0.25) is 9.79 Å². The third-order valence-electron chi connectivity index (χ3n) is 4.42. The zero-order chi connectivity index (χ0) is 19.0. The number of fused-ring (bicyclic) bond motifs is 3. The predicted octanol–water partition coefficient (Wildman–Crippen LogP) is 3.19. The molecule has 0 saturated heterocycles. The minimum atomic E-state index is -0.289. The maximum Gasteiger partial charge on any atom is 0.316 e. The molecule has 4 rings (SSSR count). The van der Waals surface area contributed by atoms with E-state index in [9.17, 15) is 4.79 Å². The number of nitrogens with zero attached hydrogens (tertiary/aromatic N) is 5. The van der Waals surface area contributed by atoms with Crippen LogP contribution < -0.4 is 0 Å². The van der Waals surface area contributed by atoms with Crippen molar-refractivity contribution in [1.82, 2.24) is 14.7 Å². The fourth-order valence-electron chi connectivity index (χ4n) is 2.98. The second-order valence-corrected chi connectivity index (χ2v) is 7.55. The quantitative estimate of drug-likeness (QED) is 0.736. The molecule has 1 aromatic heterocycles. The molecule has 27 heavy (non-hydrogen) atoms. The van der Waals surface area contributed by atoms with Crippen LogP contribution in [0.4, 0.5) is 5.82 Å². The Hall–Kier alpha value is -2.32. The number of aliphatic imine (C=N–C) groups is 2. The number of ether oxygens (including phenoxy) is 1. The molecule has 9 heteroatoms. The Kier molecular flexibility index (Phi) is 4.92. The minimum Gasteiger partial charge on any atom is -0.468 e. The molecule has 1 aromatic carbocycles. The number of esters is 1. The number of rotatable bonds is 3.